The molecule has 0 fully saturated rings. The highest BCUT2D eigenvalue weighted by Gasteiger charge is 2.13. The molecule has 176 valence electrons. The Morgan fingerprint density at radius 3 is 2.15 bits per heavy atom. The Balaban J connectivity index is 1.40. The minimum atomic E-state index is -0.0535. The number of rotatable bonds is 11. The summed E-state index contributed by atoms with van der Waals surface area (Å²) < 4.78 is 11.5. The van der Waals surface area contributed by atoms with Gasteiger partial charge in [0, 0.05) is 17.4 Å². The summed E-state index contributed by atoms with van der Waals surface area (Å²) in [5.74, 6) is 1.64. The maximum absolute atomic E-state index is 12.3. The number of hydrogen-bond donors (Lipinski definition) is 1. The Labute approximate surface area is 201 Å². The van der Waals surface area contributed by atoms with E-state index in [1.165, 1.54) is 16.9 Å². The van der Waals surface area contributed by atoms with Crippen molar-refractivity contribution in [3.63, 3.8) is 0 Å². The molecule has 1 N–H and O–H groups in total. The monoisotopic (exact) mass is 466 g/mol. The van der Waals surface area contributed by atoms with Gasteiger partial charge in [-0.3, -0.25) is 4.79 Å². The Hall–Kier alpha value is -2.86. The molecule has 0 unspecified atom stereocenters. The Kier molecular flexibility index (Phi) is 8.89. The molecule has 0 aliphatic rings. The molecule has 1 heterocycles. The smallest absolute Gasteiger partial charge is 0.226 e. The summed E-state index contributed by atoms with van der Waals surface area (Å²) in [6.45, 7) is 9.94. The molecule has 2 aromatic carbocycles. The van der Waals surface area contributed by atoms with Crippen molar-refractivity contribution >= 4 is 22.4 Å². The third-order valence-corrected chi connectivity index (χ3v) is 5.96. The predicted octanol–water partition coefficient (Wildman–Crippen LogP) is 7.08. The van der Waals surface area contributed by atoms with E-state index in [1.54, 1.807) is 0 Å². The number of nitrogens with zero attached hydrogens (tertiary/aromatic N) is 1. The summed E-state index contributed by atoms with van der Waals surface area (Å²) in [5.41, 5.74) is 3.24. The molecule has 0 aliphatic heterocycles. The van der Waals surface area contributed by atoms with Crippen LogP contribution in [-0.2, 0) is 10.2 Å². The van der Waals surface area contributed by atoms with Gasteiger partial charge < -0.3 is 14.8 Å². The molecule has 33 heavy (non-hydrogen) atoms. The number of ether oxygens (including phenoxy) is 2. The van der Waals surface area contributed by atoms with Crippen LogP contribution in [0.3, 0.4) is 0 Å². The van der Waals surface area contributed by atoms with Gasteiger partial charge >= 0.3 is 0 Å². The van der Waals surface area contributed by atoms with Crippen LogP contribution in [0, 0.1) is 0 Å². The topological polar surface area (TPSA) is 60.5 Å². The zero-order valence-corrected chi connectivity index (χ0v) is 20.8. The van der Waals surface area contributed by atoms with E-state index >= 15 is 0 Å². The number of hydrogen-bond acceptors (Lipinski definition) is 5. The van der Waals surface area contributed by atoms with Crippen molar-refractivity contribution in [1.82, 2.24) is 4.98 Å². The second-order valence-electron chi connectivity index (χ2n) is 9.04. The van der Waals surface area contributed by atoms with Gasteiger partial charge in [0.2, 0.25) is 5.91 Å². The first-order valence-corrected chi connectivity index (χ1v) is 12.4. The van der Waals surface area contributed by atoms with Crippen molar-refractivity contribution in [2.45, 2.75) is 58.8 Å². The van der Waals surface area contributed by atoms with E-state index in [0.717, 1.165) is 42.2 Å². The van der Waals surface area contributed by atoms with Gasteiger partial charge in [-0.15, -0.1) is 11.3 Å². The van der Waals surface area contributed by atoms with E-state index in [1.807, 2.05) is 41.8 Å². The van der Waals surface area contributed by atoms with Crippen LogP contribution in [0.25, 0.3) is 11.3 Å². The summed E-state index contributed by atoms with van der Waals surface area (Å²) in [6, 6.07) is 16.1. The molecule has 0 saturated heterocycles. The van der Waals surface area contributed by atoms with Crippen molar-refractivity contribution in [1.29, 1.82) is 0 Å². The van der Waals surface area contributed by atoms with E-state index in [2.05, 4.69) is 50.1 Å². The van der Waals surface area contributed by atoms with Gasteiger partial charge in [0.25, 0.3) is 0 Å². The first kappa shape index (κ1) is 24.8. The number of anilines is 1. The first-order valence-electron chi connectivity index (χ1n) is 11.6. The van der Waals surface area contributed by atoms with E-state index < -0.39 is 0 Å². The van der Waals surface area contributed by atoms with Gasteiger partial charge in [0.1, 0.15) is 11.5 Å². The molecule has 0 aliphatic carbocycles. The molecule has 0 bridgehead atoms. The number of carbonyl (C=O) groups excluding carboxylic acids is 1. The largest absolute Gasteiger partial charge is 0.494 e. The van der Waals surface area contributed by atoms with Crippen LogP contribution < -0.4 is 14.8 Å². The first-order chi connectivity index (χ1) is 15.8. The molecule has 1 aromatic heterocycles. The number of thiazole rings is 1. The van der Waals surface area contributed by atoms with Crippen LogP contribution in [0.4, 0.5) is 5.13 Å². The van der Waals surface area contributed by atoms with Gasteiger partial charge in [-0.25, -0.2) is 4.98 Å². The van der Waals surface area contributed by atoms with Crippen LogP contribution in [0.2, 0.25) is 0 Å². The number of benzene rings is 2. The molecular weight excluding hydrogens is 432 g/mol. The third kappa shape index (κ3) is 7.90. The van der Waals surface area contributed by atoms with Gasteiger partial charge in [-0.05, 0) is 60.2 Å². The van der Waals surface area contributed by atoms with Gasteiger partial charge in [0.05, 0.1) is 18.9 Å². The molecule has 6 heteroatoms. The van der Waals surface area contributed by atoms with Gasteiger partial charge in [0.15, 0.2) is 5.13 Å². The fraction of sp³-hybridized carbons (Fsp3) is 0.407. The molecule has 0 radical (unpaired) electrons. The Bertz CT molecular complexity index is 1010. The quantitative estimate of drug-likeness (QED) is 0.307. The second kappa shape index (κ2) is 11.8. The lowest BCUT2D eigenvalue weighted by Gasteiger charge is -2.19. The number of nitrogens with one attached hydrogen (secondary N) is 1. The highest BCUT2D eigenvalue weighted by molar-refractivity contribution is 7.14. The molecule has 0 spiro atoms. The second-order valence-corrected chi connectivity index (χ2v) is 9.90. The number of unbranched alkanes of at least 4 members (excludes halogenated alkanes) is 1. The molecule has 5 nitrogen and oxygen atoms in total. The van der Waals surface area contributed by atoms with Crippen LogP contribution in [0.5, 0.6) is 11.5 Å². The van der Waals surface area contributed by atoms with Crippen LogP contribution in [-0.4, -0.2) is 24.1 Å². The van der Waals surface area contributed by atoms with Gasteiger partial charge in [-0.1, -0.05) is 46.2 Å². The highest BCUT2D eigenvalue weighted by Crippen LogP contribution is 2.27. The van der Waals surface area contributed by atoms with Crippen molar-refractivity contribution in [3.05, 3.63) is 59.5 Å². The summed E-state index contributed by atoms with van der Waals surface area (Å²) in [5, 5.41) is 5.45. The van der Waals surface area contributed by atoms with E-state index in [4.69, 9.17) is 9.47 Å². The SMILES string of the molecule is CCCCOc1ccc(-c2csc(NC(=O)CCCOc3ccc(C(C)(C)C)cc3)n2)cc1. The van der Waals surface area contributed by atoms with Crippen molar-refractivity contribution in [2.24, 2.45) is 0 Å². The standard InChI is InChI=1S/C27H34N2O3S/c1-5-6-17-31-22-13-9-20(10-14-22)24-19-33-26(28-24)29-25(30)8-7-18-32-23-15-11-21(12-16-23)27(2,3)4/h9-16,19H,5-8,17-18H2,1-4H3,(H,28,29,30). The maximum atomic E-state index is 12.3. The normalized spacial score (nSPS) is 11.3. The molecule has 0 atom stereocenters. The van der Waals surface area contributed by atoms with Crippen molar-refractivity contribution in [3.8, 4) is 22.8 Å². The van der Waals surface area contributed by atoms with Crippen molar-refractivity contribution < 1.29 is 14.3 Å². The average Bonchev–Trinajstić information content (AvgIpc) is 3.25. The van der Waals surface area contributed by atoms with Crippen LogP contribution in [0.1, 0.15) is 58.9 Å². The van der Waals surface area contributed by atoms with Gasteiger partial charge in [-0.2, -0.15) is 0 Å². The molecule has 3 aromatic rings. The number of carbonyl (C=O) groups is 1. The maximum Gasteiger partial charge on any atom is 0.226 e. The fourth-order valence-electron chi connectivity index (χ4n) is 3.18. The summed E-state index contributed by atoms with van der Waals surface area (Å²) in [6.07, 6.45) is 3.20. The summed E-state index contributed by atoms with van der Waals surface area (Å²) in [7, 11) is 0. The fourth-order valence-corrected chi connectivity index (χ4v) is 3.91. The summed E-state index contributed by atoms with van der Waals surface area (Å²) >= 11 is 1.43. The molecule has 1 amide bonds. The number of aromatic nitrogens is 1. The zero-order chi connectivity index (χ0) is 23.7. The van der Waals surface area contributed by atoms with Crippen molar-refractivity contribution in [2.75, 3.05) is 18.5 Å². The minimum absolute atomic E-state index is 0.0535. The Morgan fingerprint density at radius 2 is 1.55 bits per heavy atom. The Morgan fingerprint density at radius 1 is 0.939 bits per heavy atom. The van der Waals surface area contributed by atoms with E-state index in [0.29, 0.717) is 24.6 Å². The molecule has 0 saturated carbocycles. The van der Waals surface area contributed by atoms with E-state index in [9.17, 15) is 4.79 Å². The molecular formula is C27H34N2O3S. The van der Waals surface area contributed by atoms with Crippen LogP contribution >= 0.6 is 11.3 Å². The van der Waals surface area contributed by atoms with E-state index in [-0.39, 0.29) is 11.3 Å². The average molecular weight is 467 g/mol. The van der Waals surface area contributed by atoms with Crippen LogP contribution in [0.15, 0.2) is 53.9 Å². The summed E-state index contributed by atoms with van der Waals surface area (Å²) in [4.78, 5) is 16.8. The third-order valence-electron chi connectivity index (χ3n) is 5.20. The lowest BCUT2D eigenvalue weighted by atomic mass is 9.87. The highest BCUT2D eigenvalue weighted by atomic mass is 32.1. The zero-order valence-electron chi connectivity index (χ0n) is 20.0. The molecule has 3 rings (SSSR count). The lowest BCUT2D eigenvalue weighted by Crippen LogP contribution is -2.13. The minimum Gasteiger partial charge on any atom is -0.494 e. The predicted molar refractivity (Wildman–Crippen MR) is 136 cm³/mol. The lowest BCUT2D eigenvalue weighted by molar-refractivity contribution is -0.116. The number of amides is 1.